The summed E-state index contributed by atoms with van der Waals surface area (Å²) >= 11 is 0. The van der Waals surface area contributed by atoms with Crippen LogP contribution in [0.2, 0.25) is 0 Å². The van der Waals surface area contributed by atoms with E-state index < -0.39 is 0 Å². The maximum atomic E-state index is 6.03. The molecular weight excluding hydrogens is 224 g/mol. The van der Waals surface area contributed by atoms with Gasteiger partial charge in [0, 0.05) is 24.2 Å². The predicted octanol–water partition coefficient (Wildman–Crippen LogP) is 2.83. The van der Waals surface area contributed by atoms with Crippen molar-refractivity contribution in [1.82, 2.24) is 10.3 Å². The van der Waals surface area contributed by atoms with Crippen LogP contribution in [0.15, 0.2) is 18.5 Å². The van der Waals surface area contributed by atoms with Crippen molar-refractivity contribution < 1.29 is 4.74 Å². The Kier molecular flexibility index (Phi) is 2.37. The molecule has 1 N–H and O–H groups in total. The summed E-state index contributed by atoms with van der Waals surface area (Å²) in [5.41, 5.74) is 1.89. The van der Waals surface area contributed by atoms with Crippen molar-refractivity contribution in [2.45, 2.75) is 50.7 Å². The highest BCUT2D eigenvalue weighted by Crippen LogP contribution is 2.59. The van der Waals surface area contributed by atoms with Gasteiger partial charge in [0.05, 0.1) is 12.3 Å². The van der Waals surface area contributed by atoms with Crippen molar-refractivity contribution in [2.75, 3.05) is 6.54 Å². The highest BCUT2D eigenvalue weighted by atomic mass is 16.5. The minimum absolute atomic E-state index is 0.422. The predicted molar refractivity (Wildman–Crippen MR) is 69.5 cm³/mol. The smallest absolute Gasteiger partial charge is 0.138 e. The first kappa shape index (κ1) is 10.8. The molecule has 2 aliphatic carbocycles. The third-order valence-corrected chi connectivity index (χ3v) is 4.84. The average Bonchev–Trinajstić information content (AvgIpc) is 3.05. The maximum absolute atomic E-state index is 6.03. The van der Waals surface area contributed by atoms with Crippen LogP contribution in [-0.4, -0.2) is 17.6 Å². The highest BCUT2D eigenvalue weighted by Gasteiger charge is 2.56. The summed E-state index contributed by atoms with van der Waals surface area (Å²) < 4.78 is 6.03. The molecule has 3 nitrogen and oxygen atoms in total. The lowest BCUT2D eigenvalue weighted by Crippen LogP contribution is -2.47. The van der Waals surface area contributed by atoms with E-state index in [2.05, 4.69) is 16.4 Å². The number of nitrogens with one attached hydrogen (secondary N) is 1. The van der Waals surface area contributed by atoms with Crippen molar-refractivity contribution >= 4 is 0 Å². The summed E-state index contributed by atoms with van der Waals surface area (Å²) in [6, 6.07) is 2.72. The minimum Gasteiger partial charge on any atom is -0.489 e. The van der Waals surface area contributed by atoms with Gasteiger partial charge in [-0.2, -0.15) is 0 Å². The molecule has 0 amide bonds. The lowest BCUT2D eigenvalue weighted by molar-refractivity contribution is 0.199. The third kappa shape index (κ3) is 1.72. The summed E-state index contributed by atoms with van der Waals surface area (Å²) in [7, 11) is 0. The second kappa shape index (κ2) is 3.95. The molecular formula is C15H20N2O. The summed E-state index contributed by atoms with van der Waals surface area (Å²) in [6.07, 6.45) is 12.1. The molecule has 1 aromatic heterocycles. The summed E-state index contributed by atoms with van der Waals surface area (Å²) in [6.45, 7) is 1.19. The first-order valence-electron chi connectivity index (χ1n) is 7.21. The van der Waals surface area contributed by atoms with Gasteiger partial charge in [-0.05, 0) is 50.2 Å². The van der Waals surface area contributed by atoms with Crippen LogP contribution in [-0.2, 0) is 0 Å². The van der Waals surface area contributed by atoms with Crippen molar-refractivity contribution in [3.05, 3.63) is 24.0 Å². The van der Waals surface area contributed by atoms with Crippen LogP contribution in [0.25, 0.3) is 0 Å². The normalized spacial score (nSPS) is 29.2. The van der Waals surface area contributed by atoms with Gasteiger partial charge in [-0.1, -0.05) is 0 Å². The molecule has 1 aromatic rings. The Labute approximate surface area is 108 Å². The first-order valence-corrected chi connectivity index (χ1v) is 7.21. The molecule has 2 heterocycles. The molecule has 1 unspecified atom stereocenters. The monoisotopic (exact) mass is 244 g/mol. The molecule has 96 valence electrons. The molecule has 1 aliphatic heterocycles. The van der Waals surface area contributed by atoms with Crippen LogP contribution in [0.1, 0.15) is 50.1 Å². The van der Waals surface area contributed by atoms with E-state index in [0.717, 1.165) is 5.75 Å². The van der Waals surface area contributed by atoms with Crippen LogP contribution in [0, 0.1) is 5.41 Å². The Morgan fingerprint density at radius 2 is 2.06 bits per heavy atom. The topological polar surface area (TPSA) is 34.2 Å². The van der Waals surface area contributed by atoms with Gasteiger partial charge >= 0.3 is 0 Å². The fourth-order valence-corrected chi connectivity index (χ4v) is 3.45. The second-order valence-electron chi connectivity index (χ2n) is 6.15. The van der Waals surface area contributed by atoms with Crippen LogP contribution in [0.3, 0.4) is 0 Å². The molecule has 2 saturated carbocycles. The number of hydrogen-bond acceptors (Lipinski definition) is 3. The van der Waals surface area contributed by atoms with E-state index in [1.807, 2.05) is 12.4 Å². The molecule has 1 saturated heterocycles. The molecule has 0 bridgehead atoms. The Morgan fingerprint density at radius 3 is 2.72 bits per heavy atom. The van der Waals surface area contributed by atoms with Crippen molar-refractivity contribution in [1.29, 1.82) is 0 Å². The number of rotatable bonds is 3. The van der Waals surface area contributed by atoms with Gasteiger partial charge in [0.25, 0.3) is 0 Å². The van der Waals surface area contributed by atoms with E-state index in [1.54, 1.807) is 0 Å². The van der Waals surface area contributed by atoms with Crippen molar-refractivity contribution in [2.24, 2.45) is 5.41 Å². The summed E-state index contributed by atoms with van der Waals surface area (Å²) in [5, 5.41) is 3.54. The molecule has 3 heteroatoms. The van der Waals surface area contributed by atoms with E-state index in [4.69, 9.17) is 4.74 Å². The fraction of sp³-hybridized carbons (Fsp3) is 0.667. The van der Waals surface area contributed by atoms with Crippen LogP contribution in [0.4, 0.5) is 0 Å². The Balaban J connectivity index is 1.50. The molecule has 3 fully saturated rings. The van der Waals surface area contributed by atoms with Gasteiger partial charge in [0.2, 0.25) is 0 Å². The van der Waals surface area contributed by atoms with Gasteiger partial charge in [-0.15, -0.1) is 0 Å². The summed E-state index contributed by atoms with van der Waals surface area (Å²) in [4.78, 5) is 4.36. The molecule has 3 aliphatic rings. The molecule has 18 heavy (non-hydrogen) atoms. The largest absolute Gasteiger partial charge is 0.489 e. The Bertz CT molecular complexity index is 450. The standard InChI is InChI=1S/C15H20N2O/c1-2-4-12(3-1)18-13-7-11(8-16-9-13)14-15(5-6-15)10-17-14/h7-9,12,14,17H,1-6,10H2. The molecule has 0 radical (unpaired) electrons. The Hall–Kier alpha value is -1.09. The molecule has 1 spiro atoms. The number of ether oxygens (including phenoxy) is 1. The quantitative estimate of drug-likeness (QED) is 0.887. The van der Waals surface area contributed by atoms with Gasteiger partial charge in [0.15, 0.2) is 0 Å². The van der Waals surface area contributed by atoms with E-state index in [-0.39, 0.29) is 0 Å². The van der Waals surface area contributed by atoms with Crippen LogP contribution < -0.4 is 10.1 Å². The van der Waals surface area contributed by atoms with E-state index >= 15 is 0 Å². The number of hydrogen-bond donors (Lipinski definition) is 1. The zero-order valence-electron chi connectivity index (χ0n) is 10.7. The second-order valence-corrected chi connectivity index (χ2v) is 6.15. The molecule has 0 aromatic carbocycles. The van der Waals surface area contributed by atoms with E-state index in [9.17, 15) is 0 Å². The van der Waals surface area contributed by atoms with Crippen molar-refractivity contribution in [3.63, 3.8) is 0 Å². The SMILES string of the molecule is c1ncc(C2NCC23CC3)cc1OC1CCCC1. The lowest BCUT2D eigenvalue weighted by atomic mass is 9.83. The zero-order chi connectivity index (χ0) is 12.0. The van der Waals surface area contributed by atoms with Gasteiger partial charge < -0.3 is 10.1 Å². The maximum Gasteiger partial charge on any atom is 0.138 e. The Morgan fingerprint density at radius 1 is 1.22 bits per heavy atom. The van der Waals surface area contributed by atoms with Crippen LogP contribution >= 0.6 is 0 Å². The number of aromatic nitrogens is 1. The van der Waals surface area contributed by atoms with Crippen molar-refractivity contribution in [3.8, 4) is 5.75 Å². The highest BCUT2D eigenvalue weighted by molar-refractivity contribution is 5.32. The average molecular weight is 244 g/mol. The number of pyridine rings is 1. The molecule has 1 atom stereocenters. The zero-order valence-corrected chi connectivity index (χ0v) is 10.7. The molecule has 4 rings (SSSR count). The summed E-state index contributed by atoms with van der Waals surface area (Å²) in [5.74, 6) is 0.962. The lowest BCUT2D eigenvalue weighted by Gasteiger charge is -2.39. The van der Waals surface area contributed by atoms with E-state index in [1.165, 1.54) is 50.6 Å². The van der Waals surface area contributed by atoms with Gasteiger partial charge in [-0.25, -0.2) is 0 Å². The fourth-order valence-electron chi connectivity index (χ4n) is 3.45. The third-order valence-electron chi connectivity index (χ3n) is 4.84. The van der Waals surface area contributed by atoms with Gasteiger partial charge in [0.1, 0.15) is 5.75 Å². The van der Waals surface area contributed by atoms with Crippen LogP contribution in [0.5, 0.6) is 5.75 Å². The number of nitrogens with zero attached hydrogens (tertiary/aromatic N) is 1. The van der Waals surface area contributed by atoms with Gasteiger partial charge in [-0.3, -0.25) is 4.98 Å². The minimum atomic E-state index is 0.422. The first-order chi connectivity index (χ1) is 8.86. The van der Waals surface area contributed by atoms with E-state index in [0.29, 0.717) is 17.6 Å².